The van der Waals surface area contributed by atoms with E-state index in [1.165, 1.54) is 36.4 Å². The number of rotatable bonds is 5. The lowest BCUT2D eigenvalue weighted by molar-refractivity contribution is -0.385. The Balaban J connectivity index is 1.92. The van der Waals surface area contributed by atoms with Crippen LogP contribution in [0.3, 0.4) is 0 Å². The van der Waals surface area contributed by atoms with Gasteiger partial charge in [-0.2, -0.15) is 0 Å². The SMILES string of the molecule is O=[N+]([O-])c1ccc(NCc2ccc(OC(F)(F)F)cc2)nc1. The number of halogens is 3. The third kappa shape index (κ3) is 4.62. The van der Waals surface area contributed by atoms with Gasteiger partial charge in [-0.3, -0.25) is 10.1 Å². The van der Waals surface area contributed by atoms with Gasteiger partial charge in [0.15, 0.2) is 0 Å². The van der Waals surface area contributed by atoms with Gasteiger partial charge < -0.3 is 10.1 Å². The summed E-state index contributed by atoms with van der Waals surface area (Å²) in [6.07, 6.45) is -3.61. The van der Waals surface area contributed by atoms with Gasteiger partial charge in [-0.05, 0) is 23.8 Å². The zero-order chi connectivity index (χ0) is 16.2. The predicted octanol–water partition coefficient (Wildman–Crippen LogP) is 3.50. The lowest BCUT2D eigenvalue weighted by Gasteiger charge is -2.09. The molecular weight excluding hydrogens is 303 g/mol. The quantitative estimate of drug-likeness (QED) is 0.675. The molecule has 9 heteroatoms. The molecule has 6 nitrogen and oxygen atoms in total. The van der Waals surface area contributed by atoms with E-state index in [9.17, 15) is 23.3 Å². The van der Waals surface area contributed by atoms with Gasteiger partial charge in [0.2, 0.25) is 0 Å². The van der Waals surface area contributed by atoms with Gasteiger partial charge in [0.1, 0.15) is 17.8 Å². The zero-order valence-corrected chi connectivity index (χ0v) is 11.0. The molecule has 116 valence electrons. The van der Waals surface area contributed by atoms with Crippen molar-refractivity contribution < 1.29 is 22.8 Å². The number of anilines is 1. The van der Waals surface area contributed by atoms with E-state index in [4.69, 9.17) is 0 Å². The van der Waals surface area contributed by atoms with Crippen LogP contribution < -0.4 is 10.1 Å². The highest BCUT2D eigenvalue weighted by Gasteiger charge is 2.30. The minimum Gasteiger partial charge on any atom is -0.406 e. The Bertz CT molecular complexity index is 642. The van der Waals surface area contributed by atoms with Crippen LogP contribution in [0.4, 0.5) is 24.7 Å². The largest absolute Gasteiger partial charge is 0.573 e. The fraction of sp³-hybridized carbons (Fsp3) is 0.154. The van der Waals surface area contributed by atoms with E-state index >= 15 is 0 Å². The van der Waals surface area contributed by atoms with Crippen LogP contribution in [-0.2, 0) is 6.54 Å². The Morgan fingerprint density at radius 2 is 1.86 bits per heavy atom. The number of aromatic nitrogens is 1. The maximum atomic E-state index is 12.0. The Morgan fingerprint density at radius 3 is 2.36 bits per heavy atom. The van der Waals surface area contributed by atoms with E-state index in [1.807, 2.05) is 0 Å². The van der Waals surface area contributed by atoms with Crippen LogP contribution in [-0.4, -0.2) is 16.3 Å². The van der Waals surface area contributed by atoms with E-state index in [2.05, 4.69) is 15.0 Å². The third-order valence-electron chi connectivity index (χ3n) is 2.59. The van der Waals surface area contributed by atoms with Crippen LogP contribution in [0.15, 0.2) is 42.6 Å². The van der Waals surface area contributed by atoms with Crippen molar-refractivity contribution >= 4 is 11.5 Å². The normalized spacial score (nSPS) is 11.0. The highest BCUT2D eigenvalue weighted by molar-refractivity contribution is 5.41. The number of nitrogens with zero attached hydrogens (tertiary/aromatic N) is 2. The Labute approximate surface area is 122 Å². The minimum absolute atomic E-state index is 0.126. The molecule has 1 aromatic heterocycles. The molecule has 0 spiro atoms. The Hall–Kier alpha value is -2.84. The second-order valence-electron chi connectivity index (χ2n) is 4.20. The summed E-state index contributed by atoms with van der Waals surface area (Å²) in [6.45, 7) is 0.303. The number of nitrogens with one attached hydrogen (secondary N) is 1. The van der Waals surface area contributed by atoms with Crippen LogP contribution in [0.5, 0.6) is 5.75 Å². The number of pyridine rings is 1. The average Bonchev–Trinajstić information content (AvgIpc) is 2.45. The molecule has 0 saturated carbocycles. The third-order valence-corrected chi connectivity index (χ3v) is 2.59. The first-order chi connectivity index (χ1) is 10.3. The monoisotopic (exact) mass is 313 g/mol. The van der Waals surface area contributed by atoms with Crippen LogP contribution >= 0.6 is 0 Å². The molecule has 0 aliphatic carbocycles. The Kier molecular flexibility index (Phi) is 4.44. The van der Waals surface area contributed by atoms with Crippen molar-refractivity contribution in [2.24, 2.45) is 0 Å². The summed E-state index contributed by atoms with van der Waals surface area (Å²) in [4.78, 5) is 13.8. The summed E-state index contributed by atoms with van der Waals surface area (Å²) >= 11 is 0. The van der Waals surface area contributed by atoms with Crippen molar-refractivity contribution in [3.63, 3.8) is 0 Å². The van der Waals surface area contributed by atoms with E-state index < -0.39 is 11.3 Å². The second-order valence-corrected chi connectivity index (χ2v) is 4.20. The predicted molar refractivity (Wildman–Crippen MR) is 71.3 cm³/mol. The molecule has 2 aromatic rings. The fourth-order valence-corrected chi connectivity index (χ4v) is 1.60. The van der Waals surface area contributed by atoms with Crippen LogP contribution in [0.2, 0.25) is 0 Å². The van der Waals surface area contributed by atoms with E-state index in [0.29, 0.717) is 17.9 Å². The maximum absolute atomic E-state index is 12.0. The molecule has 0 atom stereocenters. The van der Waals surface area contributed by atoms with Gasteiger partial charge in [-0.25, -0.2) is 4.98 Å². The summed E-state index contributed by atoms with van der Waals surface area (Å²) in [5.41, 5.74) is 0.578. The van der Waals surface area contributed by atoms with E-state index in [0.717, 1.165) is 6.20 Å². The fourth-order valence-electron chi connectivity index (χ4n) is 1.60. The summed E-state index contributed by atoms with van der Waals surface area (Å²) < 4.78 is 39.8. The van der Waals surface area contributed by atoms with Crippen LogP contribution in [0.1, 0.15) is 5.56 Å². The first-order valence-corrected chi connectivity index (χ1v) is 6.02. The van der Waals surface area contributed by atoms with Gasteiger partial charge >= 0.3 is 6.36 Å². The minimum atomic E-state index is -4.72. The van der Waals surface area contributed by atoms with Crippen molar-refractivity contribution in [1.82, 2.24) is 4.98 Å². The Morgan fingerprint density at radius 1 is 1.18 bits per heavy atom. The van der Waals surface area contributed by atoms with E-state index in [-0.39, 0.29) is 11.4 Å². The number of ether oxygens (including phenoxy) is 1. The molecule has 1 aromatic carbocycles. The van der Waals surface area contributed by atoms with Gasteiger partial charge in [0.25, 0.3) is 5.69 Å². The highest BCUT2D eigenvalue weighted by atomic mass is 19.4. The highest BCUT2D eigenvalue weighted by Crippen LogP contribution is 2.23. The summed E-state index contributed by atoms with van der Waals surface area (Å²) in [7, 11) is 0. The number of benzene rings is 1. The number of hydrogen-bond donors (Lipinski definition) is 1. The number of hydrogen-bond acceptors (Lipinski definition) is 5. The first-order valence-electron chi connectivity index (χ1n) is 6.02. The molecule has 0 bridgehead atoms. The molecule has 2 rings (SSSR count). The molecule has 1 N–H and O–H groups in total. The number of alkyl halides is 3. The van der Waals surface area contributed by atoms with Crippen molar-refractivity contribution in [1.29, 1.82) is 0 Å². The smallest absolute Gasteiger partial charge is 0.406 e. The average molecular weight is 313 g/mol. The summed E-state index contributed by atoms with van der Waals surface area (Å²) in [5.74, 6) is 0.117. The maximum Gasteiger partial charge on any atom is 0.573 e. The van der Waals surface area contributed by atoms with Gasteiger partial charge in [0, 0.05) is 12.6 Å². The molecule has 0 amide bonds. The number of nitro groups is 1. The second kappa shape index (κ2) is 6.29. The molecule has 0 radical (unpaired) electrons. The molecule has 0 aliphatic rings. The molecule has 22 heavy (non-hydrogen) atoms. The van der Waals surface area contributed by atoms with Crippen LogP contribution in [0, 0.1) is 10.1 Å². The van der Waals surface area contributed by atoms with Gasteiger partial charge in [0.05, 0.1) is 4.92 Å². The standard InChI is InChI=1S/C13H10F3N3O3/c14-13(15,16)22-11-4-1-9(2-5-11)7-17-12-6-3-10(8-18-12)19(20)21/h1-6,8H,7H2,(H,17,18). The molecule has 0 fully saturated rings. The van der Waals surface area contributed by atoms with Crippen molar-refractivity contribution in [3.05, 3.63) is 58.3 Å². The van der Waals surface area contributed by atoms with Crippen LogP contribution in [0.25, 0.3) is 0 Å². The molecule has 0 saturated heterocycles. The lowest BCUT2D eigenvalue weighted by atomic mass is 10.2. The van der Waals surface area contributed by atoms with Gasteiger partial charge in [-0.15, -0.1) is 13.2 Å². The van der Waals surface area contributed by atoms with Crippen molar-refractivity contribution in [2.45, 2.75) is 12.9 Å². The van der Waals surface area contributed by atoms with E-state index in [1.54, 1.807) is 0 Å². The van der Waals surface area contributed by atoms with Crippen molar-refractivity contribution in [3.8, 4) is 5.75 Å². The lowest BCUT2D eigenvalue weighted by Crippen LogP contribution is -2.17. The molecule has 0 unspecified atom stereocenters. The molecular formula is C13H10F3N3O3. The molecule has 0 aliphatic heterocycles. The first kappa shape index (κ1) is 15.5. The zero-order valence-electron chi connectivity index (χ0n) is 11.0. The van der Waals surface area contributed by atoms with Gasteiger partial charge in [-0.1, -0.05) is 12.1 Å². The molecule has 1 heterocycles. The topological polar surface area (TPSA) is 77.3 Å². The summed E-state index contributed by atoms with van der Waals surface area (Å²) in [5, 5.41) is 13.4. The van der Waals surface area contributed by atoms with Crippen molar-refractivity contribution in [2.75, 3.05) is 5.32 Å². The summed E-state index contributed by atoms with van der Waals surface area (Å²) in [6, 6.07) is 8.09.